The number of nitrogens with one attached hydrogen (secondary N) is 1. The monoisotopic (exact) mass is 266 g/mol. The molecule has 0 fully saturated rings. The van der Waals surface area contributed by atoms with Gasteiger partial charge in [0.1, 0.15) is 5.82 Å². The molecular weight excluding hydrogens is 239 g/mol. The van der Waals surface area contributed by atoms with Crippen molar-refractivity contribution >= 4 is 0 Å². The quantitative estimate of drug-likeness (QED) is 0.811. The van der Waals surface area contributed by atoms with Crippen molar-refractivity contribution in [3.63, 3.8) is 0 Å². The maximum Gasteiger partial charge on any atom is 0.128 e. The molecule has 0 heterocycles. The first-order valence-corrected chi connectivity index (χ1v) is 7.21. The lowest BCUT2D eigenvalue weighted by Crippen LogP contribution is -2.52. The van der Waals surface area contributed by atoms with Crippen molar-refractivity contribution in [2.45, 2.75) is 46.2 Å². The van der Waals surface area contributed by atoms with Crippen LogP contribution in [0.15, 0.2) is 24.3 Å². The van der Waals surface area contributed by atoms with Crippen molar-refractivity contribution in [3.05, 3.63) is 35.6 Å². The predicted octanol–water partition coefficient (Wildman–Crippen LogP) is 3.60. The van der Waals surface area contributed by atoms with E-state index in [0.29, 0.717) is 0 Å². The average molecular weight is 266 g/mol. The largest absolute Gasteiger partial charge is 0.309 e. The number of likely N-dealkylation sites (N-methyl/N-ethyl adjacent to an activating group) is 2. The van der Waals surface area contributed by atoms with Crippen molar-refractivity contribution in [2.24, 2.45) is 0 Å². The molecule has 0 aliphatic carbocycles. The molecule has 1 aromatic carbocycles. The molecule has 1 atom stereocenters. The first kappa shape index (κ1) is 16.1. The lowest BCUT2D eigenvalue weighted by Gasteiger charge is -2.44. The van der Waals surface area contributed by atoms with Crippen LogP contribution in [0, 0.1) is 5.82 Å². The molecule has 0 aliphatic heterocycles. The van der Waals surface area contributed by atoms with E-state index in [1.165, 1.54) is 6.07 Å². The SMILES string of the molecule is CCNC(c1ccccc1F)C(C)(C)N(CC)CC. The molecule has 1 rings (SSSR count). The fourth-order valence-electron chi connectivity index (χ4n) is 2.87. The molecule has 19 heavy (non-hydrogen) atoms. The summed E-state index contributed by atoms with van der Waals surface area (Å²) in [6.07, 6.45) is 0. The second-order valence-electron chi connectivity index (χ2n) is 5.34. The number of benzene rings is 1. The molecule has 0 saturated heterocycles. The maximum atomic E-state index is 14.1. The smallest absolute Gasteiger partial charge is 0.128 e. The summed E-state index contributed by atoms with van der Waals surface area (Å²) < 4.78 is 14.1. The number of halogens is 1. The summed E-state index contributed by atoms with van der Waals surface area (Å²) >= 11 is 0. The molecule has 1 N–H and O–H groups in total. The lowest BCUT2D eigenvalue weighted by molar-refractivity contribution is 0.0903. The second-order valence-corrected chi connectivity index (χ2v) is 5.34. The molecule has 0 bridgehead atoms. The summed E-state index contributed by atoms with van der Waals surface area (Å²) in [6, 6.07) is 7.05. The first-order chi connectivity index (χ1) is 8.98. The first-order valence-electron chi connectivity index (χ1n) is 7.21. The van der Waals surface area contributed by atoms with Crippen LogP contribution in [0.2, 0.25) is 0 Å². The Hall–Kier alpha value is -0.930. The summed E-state index contributed by atoms with van der Waals surface area (Å²) in [5.41, 5.74) is 0.614. The van der Waals surface area contributed by atoms with Crippen molar-refractivity contribution < 1.29 is 4.39 Å². The zero-order valence-corrected chi connectivity index (χ0v) is 12.8. The number of hydrogen-bond donors (Lipinski definition) is 1. The third-order valence-electron chi connectivity index (χ3n) is 3.91. The van der Waals surface area contributed by atoms with Crippen LogP contribution in [0.5, 0.6) is 0 Å². The van der Waals surface area contributed by atoms with Gasteiger partial charge in [0.2, 0.25) is 0 Å². The van der Waals surface area contributed by atoms with E-state index in [1.807, 2.05) is 12.1 Å². The summed E-state index contributed by atoms with van der Waals surface area (Å²) in [7, 11) is 0. The Balaban J connectivity index is 3.16. The molecule has 3 heteroatoms. The highest BCUT2D eigenvalue weighted by Crippen LogP contribution is 2.32. The van der Waals surface area contributed by atoms with Crippen LogP contribution < -0.4 is 5.32 Å². The Morgan fingerprint density at radius 1 is 1.16 bits per heavy atom. The fraction of sp³-hybridized carbons (Fsp3) is 0.625. The van der Waals surface area contributed by atoms with Crippen LogP contribution in [-0.4, -0.2) is 30.1 Å². The van der Waals surface area contributed by atoms with E-state index in [1.54, 1.807) is 6.07 Å². The van der Waals surface area contributed by atoms with Crippen molar-refractivity contribution in [3.8, 4) is 0 Å². The Bertz CT molecular complexity index is 386. The minimum absolute atomic E-state index is 0.0152. The predicted molar refractivity (Wildman–Crippen MR) is 79.8 cm³/mol. The van der Waals surface area contributed by atoms with Gasteiger partial charge in [-0.05, 0) is 39.5 Å². The van der Waals surface area contributed by atoms with E-state index in [9.17, 15) is 4.39 Å². The minimum atomic E-state index is -0.137. The Kier molecular flexibility index (Phi) is 5.95. The van der Waals surface area contributed by atoms with Gasteiger partial charge in [0, 0.05) is 11.1 Å². The van der Waals surface area contributed by atoms with E-state index in [4.69, 9.17) is 0 Å². The van der Waals surface area contributed by atoms with Crippen LogP contribution in [0.25, 0.3) is 0 Å². The molecule has 108 valence electrons. The molecule has 0 radical (unpaired) electrons. The van der Waals surface area contributed by atoms with Gasteiger partial charge in [-0.15, -0.1) is 0 Å². The Morgan fingerprint density at radius 3 is 2.21 bits per heavy atom. The third kappa shape index (κ3) is 3.54. The van der Waals surface area contributed by atoms with Crippen LogP contribution in [0.1, 0.15) is 46.2 Å². The van der Waals surface area contributed by atoms with E-state index in [-0.39, 0.29) is 17.4 Å². The molecular formula is C16H27FN2. The summed E-state index contributed by atoms with van der Waals surface area (Å²) in [5.74, 6) is -0.131. The minimum Gasteiger partial charge on any atom is -0.309 e. The van der Waals surface area contributed by atoms with Gasteiger partial charge in [-0.25, -0.2) is 4.39 Å². The molecule has 0 amide bonds. The van der Waals surface area contributed by atoms with Gasteiger partial charge < -0.3 is 5.32 Å². The Morgan fingerprint density at radius 2 is 1.74 bits per heavy atom. The molecule has 0 spiro atoms. The summed E-state index contributed by atoms with van der Waals surface area (Å²) in [6.45, 7) is 13.5. The van der Waals surface area contributed by atoms with Crippen LogP contribution >= 0.6 is 0 Å². The van der Waals surface area contributed by atoms with E-state index in [0.717, 1.165) is 25.2 Å². The molecule has 1 unspecified atom stereocenters. The number of rotatable bonds is 7. The topological polar surface area (TPSA) is 15.3 Å². The summed E-state index contributed by atoms with van der Waals surface area (Å²) in [4.78, 5) is 2.37. The Labute approximate surface area is 117 Å². The normalized spacial score (nSPS) is 13.8. The van der Waals surface area contributed by atoms with E-state index >= 15 is 0 Å². The molecule has 0 aliphatic rings. The average Bonchev–Trinajstić information content (AvgIpc) is 2.38. The zero-order valence-electron chi connectivity index (χ0n) is 12.8. The highest BCUT2D eigenvalue weighted by molar-refractivity contribution is 5.24. The molecule has 2 nitrogen and oxygen atoms in total. The van der Waals surface area contributed by atoms with Crippen molar-refractivity contribution in [1.29, 1.82) is 0 Å². The second kappa shape index (κ2) is 7.01. The highest BCUT2D eigenvalue weighted by Gasteiger charge is 2.35. The van der Waals surface area contributed by atoms with Crippen LogP contribution in [0.3, 0.4) is 0 Å². The zero-order chi connectivity index (χ0) is 14.5. The van der Waals surface area contributed by atoms with Crippen molar-refractivity contribution in [2.75, 3.05) is 19.6 Å². The van der Waals surface area contributed by atoms with Crippen molar-refractivity contribution in [1.82, 2.24) is 10.2 Å². The van der Waals surface area contributed by atoms with Gasteiger partial charge in [-0.1, -0.05) is 39.0 Å². The standard InChI is InChI=1S/C16H27FN2/c1-6-18-15(13-11-9-10-12-14(13)17)16(4,5)19(7-2)8-3/h9-12,15,18H,6-8H2,1-5H3. The molecule has 0 aromatic heterocycles. The highest BCUT2D eigenvalue weighted by atomic mass is 19.1. The lowest BCUT2D eigenvalue weighted by atomic mass is 9.86. The van der Waals surface area contributed by atoms with Crippen LogP contribution in [-0.2, 0) is 0 Å². The molecule has 1 aromatic rings. The van der Waals surface area contributed by atoms with Gasteiger partial charge >= 0.3 is 0 Å². The van der Waals surface area contributed by atoms with Gasteiger partial charge in [0.15, 0.2) is 0 Å². The number of nitrogens with zero attached hydrogens (tertiary/aromatic N) is 1. The summed E-state index contributed by atoms with van der Waals surface area (Å²) in [5, 5.41) is 3.45. The van der Waals surface area contributed by atoms with E-state index < -0.39 is 0 Å². The van der Waals surface area contributed by atoms with Gasteiger partial charge in [-0.3, -0.25) is 4.90 Å². The fourth-order valence-corrected chi connectivity index (χ4v) is 2.87. The number of hydrogen-bond acceptors (Lipinski definition) is 2. The van der Waals surface area contributed by atoms with Crippen LogP contribution in [0.4, 0.5) is 4.39 Å². The van der Waals surface area contributed by atoms with E-state index in [2.05, 4.69) is 44.8 Å². The van der Waals surface area contributed by atoms with Gasteiger partial charge in [-0.2, -0.15) is 0 Å². The van der Waals surface area contributed by atoms with Gasteiger partial charge in [0.25, 0.3) is 0 Å². The van der Waals surface area contributed by atoms with Gasteiger partial charge in [0.05, 0.1) is 6.04 Å². The molecule has 0 saturated carbocycles. The maximum absolute atomic E-state index is 14.1. The third-order valence-corrected chi connectivity index (χ3v) is 3.91.